The number of aromatic nitrogens is 3. The molecule has 0 aliphatic heterocycles. The fraction of sp³-hybridized carbons (Fsp3) is 0.400. The summed E-state index contributed by atoms with van der Waals surface area (Å²) >= 11 is 5.95. The minimum atomic E-state index is 0.221. The molecular weight excluding hydrogens is 286 g/mol. The van der Waals surface area contributed by atoms with Crippen LogP contribution in [0.15, 0.2) is 18.2 Å². The standard InChI is InChI=1S/C15H20ClN5/c1-6-21(15-18-11(3)17-14(16)19-15)13-8-7-12(20(4)5)9-10(13)2/h7-9H,6H2,1-5H3. The first-order valence-electron chi connectivity index (χ1n) is 6.86. The molecule has 5 nitrogen and oxygen atoms in total. The molecule has 0 spiro atoms. The molecule has 0 saturated heterocycles. The second kappa shape index (κ2) is 6.26. The third-order valence-electron chi connectivity index (χ3n) is 3.25. The highest BCUT2D eigenvalue weighted by molar-refractivity contribution is 6.28. The van der Waals surface area contributed by atoms with Gasteiger partial charge in [0.2, 0.25) is 11.2 Å². The summed E-state index contributed by atoms with van der Waals surface area (Å²) in [6, 6.07) is 6.31. The molecule has 0 aliphatic rings. The first-order valence-corrected chi connectivity index (χ1v) is 7.24. The zero-order valence-electron chi connectivity index (χ0n) is 13.1. The molecule has 0 bridgehead atoms. The summed E-state index contributed by atoms with van der Waals surface area (Å²) in [5.41, 5.74) is 3.40. The lowest BCUT2D eigenvalue weighted by Crippen LogP contribution is -2.21. The van der Waals surface area contributed by atoms with Gasteiger partial charge >= 0.3 is 0 Å². The van der Waals surface area contributed by atoms with Crippen molar-refractivity contribution in [1.82, 2.24) is 15.0 Å². The SMILES string of the molecule is CCN(c1nc(C)nc(Cl)n1)c1ccc(N(C)C)cc1C. The van der Waals surface area contributed by atoms with Crippen molar-refractivity contribution in [2.45, 2.75) is 20.8 Å². The lowest BCUT2D eigenvalue weighted by molar-refractivity contribution is 0.891. The van der Waals surface area contributed by atoms with E-state index in [1.165, 1.54) is 0 Å². The number of nitrogens with zero attached hydrogens (tertiary/aromatic N) is 5. The molecule has 0 unspecified atom stereocenters. The maximum atomic E-state index is 5.95. The zero-order chi connectivity index (χ0) is 15.6. The molecule has 0 saturated carbocycles. The Kier molecular flexibility index (Phi) is 4.63. The summed E-state index contributed by atoms with van der Waals surface area (Å²) < 4.78 is 0. The molecule has 112 valence electrons. The summed E-state index contributed by atoms with van der Waals surface area (Å²) in [5.74, 6) is 1.20. The van der Waals surface area contributed by atoms with Crippen LogP contribution in [0.1, 0.15) is 18.3 Å². The van der Waals surface area contributed by atoms with E-state index in [1.807, 2.05) is 25.9 Å². The molecule has 0 N–H and O–H groups in total. The normalized spacial score (nSPS) is 10.6. The van der Waals surface area contributed by atoms with Gasteiger partial charge in [-0.1, -0.05) is 0 Å². The van der Waals surface area contributed by atoms with Gasteiger partial charge in [0, 0.05) is 32.0 Å². The maximum absolute atomic E-state index is 5.95. The summed E-state index contributed by atoms with van der Waals surface area (Å²) in [6.07, 6.45) is 0. The van der Waals surface area contributed by atoms with Crippen LogP contribution in [-0.4, -0.2) is 35.6 Å². The molecule has 0 amide bonds. The van der Waals surface area contributed by atoms with Gasteiger partial charge in [-0.2, -0.15) is 9.97 Å². The maximum Gasteiger partial charge on any atom is 0.234 e. The van der Waals surface area contributed by atoms with E-state index in [1.54, 1.807) is 0 Å². The summed E-state index contributed by atoms with van der Waals surface area (Å²) in [7, 11) is 4.06. The van der Waals surface area contributed by atoms with Gasteiger partial charge in [-0.25, -0.2) is 4.98 Å². The highest BCUT2D eigenvalue weighted by Gasteiger charge is 2.15. The molecule has 21 heavy (non-hydrogen) atoms. The van der Waals surface area contributed by atoms with Crippen molar-refractivity contribution in [2.24, 2.45) is 0 Å². The van der Waals surface area contributed by atoms with Gasteiger partial charge in [0.15, 0.2) is 0 Å². The molecule has 1 heterocycles. The molecular formula is C15H20ClN5. The minimum Gasteiger partial charge on any atom is -0.378 e. The number of benzene rings is 1. The third-order valence-corrected chi connectivity index (χ3v) is 3.42. The third kappa shape index (κ3) is 3.42. The van der Waals surface area contributed by atoms with Gasteiger partial charge in [0.05, 0.1) is 0 Å². The average molecular weight is 306 g/mol. The largest absolute Gasteiger partial charge is 0.378 e. The Labute approximate surface area is 130 Å². The fourth-order valence-electron chi connectivity index (χ4n) is 2.20. The fourth-order valence-corrected chi connectivity index (χ4v) is 2.39. The molecule has 0 aliphatic carbocycles. The molecule has 2 rings (SSSR count). The van der Waals surface area contributed by atoms with E-state index < -0.39 is 0 Å². The van der Waals surface area contributed by atoms with E-state index in [-0.39, 0.29) is 5.28 Å². The average Bonchev–Trinajstić information content (AvgIpc) is 2.40. The Bertz CT molecular complexity index is 622. The monoisotopic (exact) mass is 305 g/mol. The minimum absolute atomic E-state index is 0.221. The van der Waals surface area contributed by atoms with E-state index in [4.69, 9.17) is 11.6 Å². The van der Waals surface area contributed by atoms with E-state index in [2.05, 4.69) is 51.9 Å². The molecule has 0 atom stereocenters. The summed E-state index contributed by atoms with van der Waals surface area (Å²) in [5, 5.41) is 0.221. The van der Waals surface area contributed by atoms with E-state index in [9.17, 15) is 0 Å². The van der Waals surface area contributed by atoms with E-state index in [0.29, 0.717) is 11.8 Å². The smallest absolute Gasteiger partial charge is 0.234 e. The first kappa shape index (κ1) is 15.5. The van der Waals surface area contributed by atoms with Crippen molar-refractivity contribution in [1.29, 1.82) is 0 Å². The predicted octanol–water partition coefficient (Wildman–Crippen LogP) is 3.37. The van der Waals surface area contributed by atoms with Crippen LogP contribution in [0.3, 0.4) is 0 Å². The van der Waals surface area contributed by atoms with Gasteiger partial charge < -0.3 is 9.80 Å². The van der Waals surface area contributed by atoms with Crippen molar-refractivity contribution in [3.05, 3.63) is 34.9 Å². The van der Waals surface area contributed by atoms with Crippen molar-refractivity contribution >= 4 is 28.9 Å². The first-order chi connectivity index (χ1) is 9.92. The Morgan fingerprint density at radius 3 is 2.33 bits per heavy atom. The van der Waals surface area contributed by atoms with E-state index in [0.717, 1.165) is 23.5 Å². The Morgan fingerprint density at radius 1 is 1.10 bits per heavy atom. The van der Waals surface area contributed by atoms with Crippen molar-refractivity contribution < 1.29 is 0 Å². The number of aryl methyl sites for hydroxylation is 2. The highest BCUT2D eigenvalue weighted by Crippen LogP contribution is 2.29. The molecule has 6 heteroatoms. The molecule has 0 radical (unpaired) electrons. The predicted molar refractivity (Wildman–Crippen MR) is 87.8 cm³/mol. The van der Waals surface area contributed by atoms with Crippen LogP contribution in [-0.2, 0) is 0 Å². The molecule has 1 aromatic carbocycles. The highest BCUT2D eigenvalue weighted by atomic mass is 35.5. The van der Waals surface area contributed by atoms with Crippen LogP contribution in [0.5, 0.6) is 0 Å². The number of hydrogen-bond donors (Lipinski definition) is 0. The Hall–Kier alpha value is -1.88. The number of rotatable bonds is 4. The van der Waals surface area contributed by atoms with Gasteiger partial charge in [-0.05, 0) is 56.1 Å². The summed E-state index contributed by atoms with van der Waals surface area (Å²) in [4.78, 5) is 16.8. The molecule has 0 fully saturated rings. The van der Waals surface area contributed by atoms with Gasteiger partial charge in [0.1, 0.15) is 5.82 Å². The van der Waals surface area contributed by atoms with Crippen LogP contribution < -0.4 is 9.80 Å². The lowest BCUT2D eigenvalue weighted by atomic mass is 10.1. The van der Waals surface area contributed by atoms with Crippen LogP contribution in [0.4, 0.5) is 17.3 Å². The topological polar surface area (TPSA) is 45.2 Å². The van der Waals surface area contributed by atoms with Crippen molar-refractivity contribution in [2.75, 3.05) is 30.4 Å². The van der Waals surface area contributed by atoms with Gasteiger partial charge in [0.25, 0.3) is 0 Å². The van der Waals surface area contributed by atoms with Crippen molar-refractivity contribution in [3.8, 4) is 0 Å². The molecule has 1 aromatic heterocycles. The second-order valence-corrected chi connectivity index (χ2v) is 5.40. The molecule has 2 aromatic rings. The number of hydrogen-bond acceptors (Lipinski definition) is 5. The second-order valence-electron chi connectivity index (χ2n) is 5.06. The lowest BCUT2D eigenvalue weighted by Gasteiger charge is -2.24. The zero-order valence-corrected chi connectivity index (χ0v) is 13.8. The Balaban J connectivity index is 2.46. The quantitative estimate of drug-likeness (QED) is 0.866. The Morgan fingerprint density at radius 2 is 1.81 bits per heavy atom. The van der Waals surface area contributed by atoms with Gasteiger partial charge in [-0.3, -0.25) is 0 Å². The van der Waals surface area contributed by atoms with Crippen molar-refractivity contribution in [3.63, 3.8) is 0 Å². The van der Waals surface area contributed by atoms with Crippen LogP contribution >= 0.6 is 11.6 Å². The number of halogens is 1. The van der Waals surface area contributed by atoms with Gasteiger partial charge in [-0.15, -0.1) is 0 Å². The number of anilines is 3. The van der Waals surface area contributed by atoms with Crippen LogP contribution in [0.2, 0.25) is 5.28 Å². The summed E-state index contributed by atoms with van der Waals surface area (Å²) in [6.45, 7) is 6.71. The van der Waals surface area contributed by atoms with E-state index >= 15 is 0 Å². The van der Waals surface area contributed by atoms with Crippen LogP contribution in [0, 0.1) is 13.8 Å². The van der Waals surface area contributed by atoms with Crippen LogP contribution in [0.25, 0.3) is 0 Å².